The lowest BCUT2D eigenvalue weighted by atomic mass is 9.69. The van der Waals surface area contributed by atoms with E-state index >= 15 is 0 Å². The molecule has 0 spiro atoms. The van der Waals surface area contributed by atoms with E-state index in [2.05, 4.69) is 24.1 Å². The Morgan fingerprint density at radius 3 is 2.64 bits per heavy atom. The smallest absolute Gasteiger partial charge is 0.255 e. The average Bonchev–Trinajstić information content (AvgIpc) is 3.19. The van der Waals surface area contributed by atoms with Gasteiger partial charge in [-0.25, -0.2) is 0 Å². The predicted molar refractivity (Wildman–Crippen MR) is 109 cm³/mol. The van der Waals surface area contributed by atoms with Crippen LogP contribution >= 0.6 is 0 Å². The Kier molecular flexibility index (Phi) is 5.19. The highest BCUT2D eigenvalue weighted by atomic mass is 16.2. The molecule has 2 aliphatic heterocycles. The summed E-state index contributed by atoms with van der Waals surface area (Å²) in [6, 6.07) is 4.30. The molecule has 0 radical (unpaired) electrons. The summed E-state index contributed by atoms with van der Waals surface area (Å²) < 4.78 is 0. The van der Waals surface area contributed by atoms with Crippen LogP contribution in [0.2, 0.25) is 0 Å². The molecule has 5 heteroatoms. The van der Waals surface area contributed by atoms with Gasteiger partial charge in [-0.3, -0.25) is 14.6 Å². The molecule has 3 atom stereocenters. The van der Waals surface area contributed by atoms with Gasteiger partial charge in [-0.15, -0.1) is 0 Å². The molecule has 2 amide bonds. The largest absolute Gasteiger partial charge is 0.353 e. The monoisotopic (exact) mass is 383 g/mol. The van der Waals surface area contributed by atoms with Gasteiger partial charge in [-0.1, -0.05) is 13.8 Å². The number of aromatic nitrogens is 1. The fourth-order valence-electron chi connectivity index (χ4n) is 5.29. The van der Waals surface area contributed by atoms with Crippen molar-refractivity contribution in [2.45, 2.75) is 90.3 Å². The van der Waals surface area contributed by atoms with Crippen LogP contribution in [0.25, 0.3) is 0 Å². The summed E-state index contributed by atoms with van der Waals surface area (Å²) in [5, 5.41) is 3.33. The zero-order chi connectivity index (χ0) is 19.9. The van der Waals surface area contributed by atoms with Crippen LogP contribution < -0.4 is 5.32 Å². The van der Waals surface area contributed by atoms with Gasteiger partial charge in [0.25, 0.3) is 5.91 Å². The van der Waals surface area contributed by atoms with Gasteiger partial charge < -0.3 is 10.2 Å². The molecule has 3 aliphatic rings. The van der Waals surface area contributed by atoms with E-state index in [4.69, 9.17) is 0 Å². The Balaban J connectivity index is 1.59. The van der Waals surface area contributed by atoms with Crippen molar-refractivity contribution in [3.8, 4) is 0 Å². The number of amides is 2. The molecule has 1 aromatic rings. The van der Waals surface area contributed by atoms with Crippen LogP contribution in [0.3, 0.4) is 0 Å². The van der Waals surface area contributed by atoms with Crippen molar-refractivity contribution < 1.29 is 9.59 Å². The summed E-state index contributed by atoms with van der Waals surface area (Å²) in [4.78, 5) is 33.1. The fourth-order valence-corrected chi connectivity index (χ4v) is 5.29. The number of nitrogens with one attached hydrogen (secondary N) is 1. The van der Waals surface area contributed by atoms with Gasteiger partial charge in [0.05, 0.1) is 11.0 Å². The number of hydrogen-bond donors (Lipinski definition) is 1. The van der Waals surface area contributed by atoms with Gasteiger partial charge >= 0.3 is 0 Å². The van der Waals surface area contributed by atoms with E-state index < -0.39 is 5.41 Å². The van der Waals surface area contributed by atoms with Crippen LogP contribution in [-0.2, 0) is 4.79 Å². The van der Waals surface area contributed by atoms with Gasteiger partial charge in [0, 0.05) is 30.0 Å². The van der Waals surface area contributed by atoms with Crippen LogP contribution in [0.1, 0.15) is 81.3 Å². The first-order valence-corrected chi connectivity index (χ1v) is 11.0. The number of carbonyl (C=O) groups excluding carboxylic acids is 2. The number of rotatable bonds is 6. The van der Waals surface area contributed by atoms with Gasteiger partial charge in [0.15, 0.2) is 0 Å². The highest BCUT2D eigenvalue weighted by molar-refractivity contribution is 5.96. The average molecular weight is 384 g/mol. The Labute approximate surface area is 168 Å². The third-order valence-corrected chi connectivity index (χ3v) is 7.19. The molecule has 0 unspecified atom stereocenters. The summed E-state index contributed by atoms with van der Waals surface area (Å²) >= 11 is 0. The predicted octanol–water partition coefficient (Wildman–Crippen LogP) is 3.86. The van der Waals surface area contributed by atoms with Crippen LogP contribution in [0, 0.1) is 18.3 Å². The molecule has 0 aromatic carbocycles. The minimum atomic E-state index is -0.420. The molecule has 2 saturated heterocycles. The molecule has 152 valence electrons. The third kappa shape index (κ3) is 3.33. The number of nitrogens with zero attached hydrogens (tertiary/aromatic N) is 2. The van der Waals surface area contributed by atoms with E-state index in [0.29, 0.717) is 17.5 Å². The van der Waals surface area contributed by atoms with E-state index in [0.717, 1.165) is 50.6 Å². The first-order valence-electron chi connectivity index (χ1n) is 11.0. The van der Waals surface area contributed by atoms with Crippen molar-refractivity contribution >= 4 is 11.8 Å². The number of fused-ring (bicyclic) bond motifs is 2. The lowest BCUT2D eigenvalue weighted by Gasteiger charge is -2.39. The summed E-state index contributed by atoms with van der Waals surface area (Å²) in [6.45, 7) is 6.35. The third-order valence-electron chi connectivity index (χ3n) is 7.19. The maximum atomic E-state index is 13.5. The Hall–Kier alpha value is -1.91. The van der Waals surface area contributed by atoms with Crippen LogP contribution in [0.15, 0.2) is 18.3 Å². The quantitative estimate of drug-likeness (QED) is 0.811. The maximum Gasteiger partial charge on any atom is 0.255 e. The summed E-state index contributed by atoms with van der Waals surface area (Å²) in [7, 11) is 0. The van der Waals surface area contributed by atoms with Gasteiger partial charge in [-0.2, -0.15) is 0 Å². The van der Waals surface area contributed by atoms with E-state index in [-0.39, 0.29) is 23.9 Å². The van der Waals surface area contributed by atoms with Crippen molar-refractivity contribution in [2.24, 2.45) is 11.3 Å². The van der Waals surface area contributed by atoms with E-state index in [1.54, 1.807) is 6.20 Å². The normalized spacial score (nSPS) is 29.2. The van der Waals surface area contributed by atoms with E-state index in [1.807, 2.05) is 24.0 Å². The Bertz CT molecular complexity index is 741. The molecule has 28 heavy (non-hydrogen) atoms. The molecule has 5 nitrogen and oxygen atoms in total. The van der Waals surface area contributed by atoms with Crippen molar-refractivity contribution in [2.75, 3.05) is 0 Å². The van der Waals surface area contributed by atoms with Gasteiger partial charge in [-0.05, 0) is 76.3 Å². The second-order valence-electron chi connectivity index (χ2n) is 9.54. The van der Waals surface area contributed by atoms with Crippen LogP contribution in [0.4, 0.5) is 0 Å². The fraction of sp³-hybridized carbons (Fsp3) is 0.696. The number of hydrogen-bond acceptors (Lipinski definition) is 3. The zero-order valence-corrected chi connectivity index (χ0v) is 17.4. The van der Waals surface area contributed by atoms with Gasteiger partial charge in [0.1, 0.15) is 0 Å². The van der Waals surface area contributed by atoms with Crippen molar-refractivity contribution in [1.29, 1.82) is 0 Å². The lowest BCUT2D eigenvalue weighted by Crippen LogP contribution is -2.53. The van der Waals surface area contributed by atoms with Crippen molar-refractivity contribution in [3.05, 3.63) is 29.6 Å². The van der Waals surface area contributed by atoms with Crippen LogP contribution in [0.5, 0.6) is 0 Å². The molecule has 1 aromatic heterocycles. The second kappa shape index (κ2) is 7.49. The Morgan fingerprint density at radius 2 is 2.04 bits per heavy atom. The minimum absolute atomic E-state index is 0.0186. The Morgan fingerprint density at radius 1 is 1.25 bits per heavy atom. The molecule has 3 fully saturated rings. The first-order chi connectivity index (χ1) is 13.4. The molecule has 1 saturated carbocycles. The molecule has 2 bridgehead atoms. The maximum absolute atomic E-state index is 13.5. The lowest BCUT2D eigenvalue weighted by molar-refractivity contribution is -0.134. The summed E-state index contributed by atoms with van der Waals surface area (Å²) in [6.07, 6.45) is 9.74. The summed E-state index contributed by atoms with van der Waals surface area (Å²) in [5.74, 6) is 0.797. The van der Waals surface area contributed by atoms with Crippen molar-refractivity contribution in [3.63, 3.8) is 0 Å². The van der Waals surface area contributed by atoms with Crippen LogP contribution in [-0.4, -0.2) is 39.8 Å². The zero-order valence-electron chi connectivity index (χ0n) is 17.4. The SMILES string of the molecule is Cc1ccc(C(=O)N2[C@@H]3CC[C@H]2[C@@](CCC(C)C)(C(=O)NC2CCC2)C3)cn1. The number of carbonyl (C=O) groups is 2. The van der Waals surface area contributed by atoms with E-state index in [9.17, 15) is 9.59 Å². The number of aryl methyl sites for hydroxylation is 1. The minimum Gasteiger partial charge on any atom is -0.353 e. The molecular formula is C23H33N3O2. The number of pyridine rings is 1. The summed E-state index contributed by atoms with van der Waals surface area (Å²) in [5.41, 5.74) is 1.13. The highest BCUT2D eigenvalue weighted by Gasteiger charge is 2.61. The molecular weight excluding hydrogens is 350 g/mol. The van der Waals surface area contributed by atoms with E-state index in [1.165, 1.54) is 6.42 Å². The molecule has 4 rings (SSSR count). The molecule has 3 heterocycles. The topological polar surface area (TPSA) is 62.3 Å². The second-order valence-corrected chi connectivity index (χ2v) is 9.54. The van der Waals surface area contributed by atoms with Gasteiger partial charge in [0.2, 0.25) is 5.91 Å². The highest BCUT2D eigenvalue weighted by Crippen LogP contribution is 2.53. The first kappa shape index (κ1) is 19.4. The standard InChI is InChI=1S/C23H33N3O2/c1-15(2)11-12-23(22(28)25-18-5-4-6-18)13-19-9-10-20(23)26(19)21(27)17-8-7-16(3)24-14-17/h7-8,14-15,18-20H,4-6,9-13H2,1-3H3,(H,25,28)/t19-,20+,23+/m1/s1. The van der Waals surface area contributed by atoms with Crippen molar-refractivity contribution in [1.82, 2.24) is 15.2 Å². The molecule has 1 N–H and O–H groups in total. The molecule has 1 aliphatic carbocycles.